The summed E-state index contributed by atoms with van der Waals surface area (Å²) in [6.07, 6.45) is 2.66. The number of anilines is 1. The van der Waals surface area contributed by atoms with Crippen molar-refractivity contribution in [3.63, 3.8) is 0 Å². The first kappa shape index (κ1) is 20.7. The van der Waals surface area contributed by atoms with Crippen LogP contribution in [0.3, 0.4) is 0 Å². The highest BCUT2D eigenvalue weighted by molar-refractivity contribution is 9.10. The predicted molar refractivity (Wildman–Crippen MR) is 123 cm³/mol. The number of aromatic nitrogens is 1. The molecule has 3 aromatic rings. The third-order valence-electron chi connectivity index (χ3n) is 5.76. The van der Waals surface area contributed by atoms with Crippen LogP contribution in [0.2, 0.25) is 0 Å². The first-order valence-corrected chi connectivity index (χ1v) is 11.1. The Bertz CT molecular complexity index is 1040. The lowest BCUT2D eigenvalue weighted by Gasteiger charge is -2.37. The lowest BCUT2D eigenvalue weighted by molar-refractivity contribution is -0.131. The van der Waals surface area contributed by atoms with Gasteiger partial charge in [-0.05, 0) is 43.2 Å². The number of benzene rings is 2. The molecule has 0 spiro atoms. The first-order valence-electron chi connectivity index (χ1n) is 10.3. The molecule has 1 aromatic heterocycles. The van der Waals surface area contributed by atoms with Crippen LogP contribution in [-0.4, -0.2) is 42.0 Å². The Morgan fingerprint density at radius 2 is 1.87 bits per heavy atom. The van der Waals surface area contributed by atoms with E-state index >= 15 is 0 Å². The lowest BCUT2D eigenvalue weighted by atomic mass is 10.1. The lowest BCUT2D eigenvalue weighted by Crippen LogP contribution is -2.49. The summed E-state index contributed by atoms with van der Waals surface area (Å²) >= 11 is 3.47. The van der Waals surface area contributed by atoms with Crippen LogP contribution in [0, 0.1) is 13.8 Å². The molecule has 5 nitrogen and oxygen atoms in total. The molecule has 0 N–H and O–H groups in total. The van der Waals surface area contributed by atoms with Crippen molar-refractivity contribution < 1.29 is 9.21 Å². The summed E-state index contributed by atoms with van der Waals surface area (Å²) < 4.78 is 6.84. The van der Waals surface area contributed by atoms with Crippen LogP contribution < -0.4 is 4.90 Å². The van der Waals surface area contributed by atoms with Crippen LogP contribution in [0.4, 0.5) is 5.69 Å². The Kier molecular flexibility index (Phi) is 6.23. The third kappa shape index (κ3) is 4.59. The molecule has 0 radical (unpaired) electrons. The van der Waals surface area contributed by atoms with Crippen LogP contribution in [-0.2, 0) is 11.2 Å². The second-order valence-electron chi connectivity index (χ2n) is 7.72. The number of hydrogen-bond donors (Lipinski definition) is 0. The van der Waals surface area contributed by atoms with Gasteiger partial charge in [0, 0.05) is 54.7 Å². The van der Waals surface area contributed by atoms with Crippen LogP contribution in [0.5, 0.6) is 0 Å². The first-order chi connectivity index (χ1) is 14.5. The minimum absolute atomic E-state index is 0.165. The van der Waals surface area contributed by atoms with Gasteiger partial charge in [0.1, 0.15) is 0 Å². The Hall–Kier alpha value is -2.60. The van der Waals surface area contributed by atoms with Crippen LogP contribution >= 0.6 is 15.9 Å². The van der Waals surface area contributed by atoms with Gasteiger partial charge in [-0.15, -0.1) is 0 Å². The summed E-state index contributed by atoms with van der Waals surface area (Å²) in [5.41, 5.74) is 4.88. The molecule has 1 aliphatic rings. The van der Waals surface area contributed by atoms with Gasteiger partial charge in [-0.2, -0.15) is 0 Å². The van der Waals surface area contributed by atoms with Crippen molar-refractivity contribution in [2.75, 3.05) is 31.1 Å². The molecule has 2 aromatic carbocycles. The Morgan fingerprint density at radius 3 is 2.63 bits per heavy atom. The van der Waals surface area contributed by atoms with Gasteiger partial charge >= 0.3 is 0 Å². The number of nitrogens with zero attached hydrogens (tertiary/aromatic N) is 3. The molecule has 0 unspecified atom stereocenters. The summed E-state index contributed by atoms with van der Waals surface area (Å²) in [5.74, 6) is 1.49. The van der Waals surface area contributed by atoms with Crippen molar-refractivity contribution in [1.82, 2.24) is 9.88 Å². The molecule has 1 amide bonds. The SMILES string of the molecule is Cc1cccc(N2CCN(C(=O)CCc3ncc(-c4cccc(Br)c4)o3)CC2)c1C. The summed E-state index contributed by atoms with van der Waals surface area (Å²) in [7, 11) is 0. The van der Waals surface area contributed by atoms with Crippen molar-refractivity contribution in [2.45, 2.75) is 26.7 Å². The summed E-state index contributed by atoms with van der Waals surface area (Å²) in [4.78, 5) is 21.4. The molecule has 0 saturated carbocycles. The molecule has 0 bridgehead atoms. The van der Waals surface area contributed by atoms with Crippen molar-refractivity contribution in [2.24, 2.45) is 0 Å². The fourth-order valence-corrected chi connectivity index (χ4v) is 4.25. The van der Waals surface area contributed by atoms with E-state index in [0.717, 1.165) is 42.0 Å². The third-order valence-corrected chi connectivity index (χ3v) is 6.26. The molecule has 4 rings (SSSR count). The van der Waals surface area contributed by atoms with Gasteiger partial charge in [0.05, 0.1) is 6.20 Å². The minimum Gasteiger partial charge on any atom is -0.441 e. The van der Waals surface area contributed by atoms with Gasteiger partial charge < -0.3 is 14.2 Å². The Balaban J connectivity index is 1.30. The van der Waals surface area contributed by atoms with Crippen LogP contribution in [0.25, 0.3) is 11.3 Å². The average molecular weight is 468 g/mol. The van der Waals surface area contributed by atoms with Crippen molar-refractivity contribution >= 4 is 27.5 Å². The van der Waals surface area contributed by atoms with E-state index in [1.807, 2.05) is 29.2 Å². The number of rotatable bonds is 5. The van der Waals surface area contributed by atoms with E-state index in [9.17, 15) is 4.79 Å². The number of amides is 1. The molecule has 156 valence electrons. The second kappa shape index (κ2) is 9.04. The van der Waals surface area contributed by atoms with Crippen LogP contribution in [0.15, 0.2) is 57.6 Å². The smallest absolute Gasteiger partial charge is 0.223 e. The van der Waals surface area contributed by atoms with E-state index in [-0.39, 0.29) is 5.91 Å². The van der Waals surface area contributed by atoms with Gasteiger partial charge in [-0.25, -0.2) is 4.98 Å². The van der Waals surface area contributed by atoms with Gasteiger partial charge in [0.25, 0.3) is 0 Å². The monoisotopic (exact) mass is 467 g/mol. The Morgan fingerprint density at radius 1 is 1.10 bits per heavy atom. The summed E-state index contributed by atoms with van der Waals surface area (Å²) in [5, 5.41) is 0. The maximum atomic E-state index is 12.7. The zero-order chi connectivity index (χ0) is 21.1. The predicted octanol–water partition coefficient (Wildman–Crippen LogP) is 5.00. The quantitative estimate of drug-likeness (QED) is 0.529. The largest absolute Gasteiger partial charge is 0.441 e. The average Bonchev–Trinajstić information content (AvgIpc) is 3.23. The highest BCUT2D eigenvalue weighted by Crippen LogP contribution is 2.25. The van der Waals surface area contributed by atoms with Crippen molar-refractivity contribution in [3.8, 4) is 11.3 Å². The van der Waals surface area contributed by atoms with Gasteiger partial charge in [0.15, 0.2) is 11.7 Å². The second-order valence-corrected chi connectivity index (χ2v) is 8.63. The molecule has 30 heavy (non-hydrogen) atoms. The topological polar surface area (TPSA) is 49.6 Å². The number of aryl methyl sites for hydroxylation is 2. The molecular weight excluding hydrogens is 442 g/mol. The molecule has 1 saturated heterocycles. The van der Waals surface area contributed by atoms with Gasteiger partial charge in [-0.1, -0.05) is 40.2 Å². The van der Waals surface area contributed by atoms with Crippen molar-refractivity contribution in [3.05, 3.63) is 70.2 Å². The molecule has 1 fully saturated rings. The van der Waals surface area contributed by atoms with E-state index in [2.05, 4.69) is 57.9 Å². The number of halogens is 1. The number of piperazine rings is 1. The molecule has 6 heteroatoms. The maximum Gasteiger partial charge on any atom is 0.223 e. The van der Waals surface area contributed by atoms with Crippen LogP contribution in [0.1, 0.15) is 23.4 Å². The number of hydrogen-bond acceptors (Lipinski definition) is 4. The zero-order valence-electron chi connectivity index (χ0n) is 17.4. The summed E-state index contributed by atoms with van der Waals surface area (Å²) in [6, 6.07) is 14.3. The van der Waals surface area contributed by atoms with E-state index in [1.54, 1.807) is 6.20 Å². The highest BCUT2D eigenvalue weighted by atomic mass is 79.9. The van der Waals surface area contributed by atoms with E-state index < -0.39 is 0 Å². The number of oxazole rings is 1. The highest BCUT2D eigenvalue weighted by Gasteiger charge is 2.22. The minimum atomic E-state index is 0.165. The normalized spacial score (nSPS) is 14.2. The van der Waals surface area contributed by atoms with Crippen molar-refractivity contribution in [1.29, 1.82) is 0 Å². The standard InChI is InChI=1S/C24H26BrN3O2/c1-17-5-3-8-21(18(17)2)27-11-13-28(14-12-27)24(29)10-9-23-26-16-22(30-23)19-6-4-7-20(25)15-19/h3-8,15-16H,9-14H2,1-2H3. The van der Waals surface area contributed by atoms with Gasteiger partial charge in [0.2, 0.25) is 5.91 Å². The fourth-order valence-electron chi connectivity index (χ4n) is 3.85. The van der Waals surface area contributed by atoms with E-state index in [0.29, 0.717) is 18.7 Å². The molecular formula is C24H26BrN3O2. The summed E-state index contributed by atoms with van der Waals surface area (Å²) in [6.45, 7) is 7.54. The zero-order valence-corrected chi connectivity index (χ0v) is 19.0. The van der Waals surface area contributed by atoms with Gasteiger partial charge in [-0.3, -0.25) is 4.79 Å². The number of carbonyl (C=O) groups is 1. The maximum absolute atomic E-state index is 12.7. The fraction of sp³-hybridized carbons (Fsp3) is 0.333. The molecule has 0 aliphatic carbocycles. The molecule has 1 aliphatic heterocycles. The van der Waals surface area contributed by atoms with E-state index in [4.69, 9.17) is 4.42 Å². The molecule has 0 atom stereocenters. The molecule has 2 heterocycles. The Labute approximate surface area is 185 Å². The number of carbonyl (C=O) groups excluding carboxylic acids is 1. The van der Waals surface area contributed by atoms with E-state index in [1.165, 1.54) is 16.8 Å².